The number of hydrogen-bond acceptors (Lipinski definition) is 5. The molecule has 1 aliphatic carbocycles. The number of nitrogens with two attached hydrogens (primary N) is 1. The number of hydrazine groups is 1. The van der Waals surface area contributed by atoms with Crippen molar-refractivity contribution in [3.63, 3.8) is 0 Å². The number of amides is 1. The Kier molecular flexibility index (Phi) is 4.26. The maximum Gasteiger partial charge on any atom is 0.239 e. The summed E-state index contributed by atoms with van der Waals surface area (Å²) in [4.78, 5) is 13.7. The highest BCUT2D eigenvalue weighted by atomic mass is 32.2. The zero-order valence-corrected chi connectivity index (χ0v) is 10.7. The van der Waals surface area contributed by atoms with Gasteiger partial charge in [0.15, 0.2) is 0 Å². The molecule has 1 aliphatic heterocycles. The zero-order valence-electron chi connectivity index (χ0n) is 9.84. The molecule has 0 bridgehead atoms. The lowest BCUT2D eigenvalue weighted by Crippen LogP contribution is -2.48. The molecule has 1 amide bonds. The first-order valence-electron chi connectivity index (χ1n) is 6.00. The second kappa shape index (κ2) is 5.71. The van der Waals surface area contributed by atoms with Gasteiger partial charge in [-0.25, -0.2) is 5.01 Å². The third-order valence-electron chi connectivity index (χ3n) is 3.46. The lowest BCUT2D eigenvalue weighted by molar-refractivity contribution is -0.132. The molecule has 1 saturated carbocycles. The molecule has 1 unspecified atom stereocenters. The van der Waals surface area contributed by atoms with Crippen LogP contribution in [0, 0.1) is 11.3 Å². The van der Waals surface area contributed by atoms with E-state index in [1.165, 1.54) is 12.8 Å². The van der Waals surface area contributed by atoms with Crippen molar-refractivity contribution in [2.24, 2.45) is 5.84 Å². The smallest absolute Gasteiger partial charge is 0.239 e. The maximum absolute atomic E-state index is 12.0. The van der Waals surface area contributed by atoms with Crippen LogP contribution in [-0.4, -0.2) is 46.1 Å². The van der Waals surface area contributed by atoms with Gasteiger partial charge in [0.1, 0.15) is 6.04 Å². The van der Waals surface area contributed by atoms with Crippen LogP contribution in [0.2, 0.25) is 0 Å². The first-order chi connectivity index (χ1) is 8.22. The Balaban J connectivity index is 1.85. The number of hydrogen-bond donors (Lipinski definition) is 1. The predicted molar refractivity (Wildman–Crippen MR) is 66.7 cm³/mol. The summed E-state index contributed by atoms with van der Waals surface area (Å²) in [6.07, 6.45) is 4.57. The minimum atomic E-state index is -0.274. The van der Waals surface area contributed by atoms with E-state index in [0.717, 1.165) is 18.6 Å². The fraction of sp³-hybridized carbons (Fsp3) is 0.818. The van der Waals surface area contributed by atoms with E-state index in [2.05, 4.69) is 6.07 Å². The quantitative estimate of drug-likeness (QED) is 0.587. The van der Waals surface area contributed by atoms with Crippen LogP contribution in [0.25, 0.3) is 0 Å². The predicted octanol–water partition coefficient (Wildman–Crippen LogP) is 0.530. The molecule has 1 saturated heterocycles. The molecule has 0 aromatic rings. The van der Waals surface area contributed by atoms with E-state index in [4.69, 9.17) is 11.1 Å². The van der Waals surface area contributed by atoms with E-state index in [1.807, 2.05) is 0 Å². The van der Waals surface area contributed by atoms with Crippen LogP contribution in [0.3, 0.4) is 0 Å². The van der Waals surface area contributed by atoms with Gasteiger partial charge in [-0.15, -0.1) is 11.8 Å². The summed E-state index contributed by atoms with van der Waals surface area (Å²) in [7, 11) is 0. The molecule has 0 spiro atoms. The Bertz CT molecular complexity index is 324. The van der Waals surface area contributed by atoms with E-state index >= 15 is 0 Å². The number of carbonyl (C=O) groups is 1. The van der Waals surface area contributed by atoms with E-state index in [1.54, 1.807) is 21.7 Å². The van der Waals surface area contributed by atoms with Gasteiger partial charge in [0.05, 0.1) is 18.5 Å². The molecule has 0 aromatic carbocycles. The van der Waals surface area contributed by atoms with Crippen molar-refractivity contribution in [1.82, 2.24) is 9.91 Å². The van der Waals surface area contributed by atoms with Crippen molar-refractivity contribution in [2.45, 2.75) is 37.8 Å². The van der Waals surface area contributed by atoms with E-state index < -0.39 is 0 Å². The summed E-state index contributed by atoms with van der Waals surface area (Å²) in [6.45, 7) is 0.239. The lowest BCUT2D eigenvalue weighted by atomic mass is 10.2. The van der Waals surface area contributed by atoms with Gasteiger partial charge < -0.3 is 4.90 Å². The normalized spacial score (nSPS) is 25.5. The highest BCUT2D eigenvalue weighted by Gasteiger charge is 2.31. The summed E-state index contributed by atoms with van der Waals surface area (Å²) < 4.78 is 0. The third kappa shape index (κ3) is 2.92. The van der Waals surface area contributed by atoms with Crippen LogP contribution in [0.4, 0.5) is 0 Å². The standard InChI is InChI=1S/C11H18N4OS/c12-5-10-7-17-8-14(10)11(16)6-15(13)9-3-1-2-4-9/h9-10H,1-4,6-8,13H2. The molecule has 17 heavy (non-hydrogen) atoms. The SMILES string of the molecule is N#CC1CSCN1C(=O)CN(N)C1CCCC1. The van der Waals surface area contributed by atoms with Gasteiger partial charge in [-0.3, -0.25) is 10.6 Å². The highest BCUT2D eigenvalue weighted by molar-refractivity contribution is 7.99. The molecule has 2 rings (SSSR count). The summed E-state index contributed by atoms with van der Waals surface area (Å²) in [5.74, 6) is 7.25. The third-order valence-corrected chi connectivity index (χ3v) is 4.48. The molecule has 1 heterocycles. The number of carbonyl (C=O) groups excluding carboxylic acids is 1. The average Bonchev–Trinajstić information content (AvgIpc) is 2.99. The second-order valence-electron chi connectivity index (χ2n) is 4.62. The minimum absolute atomic E-state index is 0.0176. The molecule has 0 radical (unpaired) electrons. The number of thioether (sulfide) groups is 1. The van der Waals surface area contributed by atoms with Crippen molar-refractivity contribution in [2.75, 3.05) is 18.2 Å². The summed E-state index contributed by atoms with van der Waals surface area (Å²) in [6, 6.07) is 2.23. The van der Waals surface area contributed by atoms with Crippen LogP contribution >= 0.6 is 11.8 Å². The fourth-order valence-electron chi connectivity index (χ4n) is 2.41. The van der Waals surface area contributed by atoms with Crippen molar-refractivity contribution >= 4 is 17.7 Å². The van der Waals surface area contributed by atoms with Gasteiger partial charge in [0.25, 0.3) is 0 Å². The lowest BCUT2D eigenvalue weighted by Gasteiger charge is -2.26. The van der Waals surface area contributed by atoms with Crippen molar-refractivity contribution in [1.29, 1.82) is 5.26 Å². The summed E-state index contributed by atoms with van der Waals surface area (Å²) >= 11 is 1.63. The van der Waals surface area contributed by atoms with Gasteiger partial charge in [0.2, 0.25) is 5.91 Å². The van der Waals surface area contributed by atoms with Gasteiger partial charge in [-0.05, 0) is 12.8 Å². The molecule has 94 valence electrons. The monoisotopic (exact) mass is 254 g/mol. The van der Waals surface area contributed by atoms with Crippen LogP contribution in [0.1, 0.15) is 25.7 Å². The molecule has 0 aromatic heterocycles. The second-order valence-corrected chi connectivity index (χ2v) is 5.62. The Labute approximate surface area is 106 Å². The molecule has 5 nitrogen and oxygen atoms in total. The van der Waals surface area contributed by atoms with Crippen molar-refractivity contribution in [3.8, 4) is 6.07 Å². The zero-order chi connectivity index (χ0) is 12.3. The molecular weight excluding hydrogens is 236 g/mol. The van der Waals surface area contributed by atoms with Gasteiger partial charge in [-0.2, -0.15) is 5.26 Å². The molecule has 2 aliphatic rings. The van der Waals surface area contributed by atoms with Gasteiger partial charge in [0, 0.05) is 11.8 Å². The largest absolute Gasteiger partial charge is 0.315 e. The Hall–Kier alpha value is -0.770. The highest BCUT2D eigenvalue weighted by Crippen LogP contribution is 2.23. The number of nitrogens with zero attached hydrogens (tertiary/aromatic N) is 3. The molecule has 1 atom stereocenters. The Morgan fingerprint density at radius 2 is 2.24 bits per heavy atom. The topological polar surface area (TPSA) is 73.4 Å². The molecule has 2 fully saturated rings. The van der Waals surface area contributed by atoms with Crippen molar-refractivity contribution in [3.05, 3.63) is 0 Å². The van der Waals surface area contributed by atoms with Crippen LogP contribution in [0.5, 0.6) is 0 Å². The van der Waals surface area contributed by atoms with Gasteiger partial charge in [-0.1, -0.05) is 12.8 Å². The fourth-order valence-corrected chi connectivity index (χ4v) is 3.51. The first kappa shape index (κ1) is 12.7. The first-order valence-corrected chi connectivity index (χ1v) is 7.16. The van der Waals surface area contributed by atoms with Crippen LogP contribution in [-0.2, 0) is 4.79 Å². The van der Waals surface area contributed by atoms with Crippen molar-refractivity contribution < 1.29 is 4.79 Å². The molecule has 2 N–H and O–H groups in total. The maximum atomic E-state index is 12.0. The minimum Gasteiger partial charge on any atom is -0.315 e. The van der Waals surface area contributed by atoms with Crippen LogP contribution in [0.15, 0.2) is 0 Å². The number of rotatable bonds is 3. The Morgan fingerprint density at radius 3 is 2.88 bits per heavy atom. The van der Waals surface area contributed by atoms with E-state index in [9.17, 15) is 4.79 Å². The van der Waals surface area contributed by atoms with Crippen LogP contribution < -0.4 is 5.84 Å². The molecular formula is C11H18N4OS. The average molecular weight is 254 g/mol. The van der Waals surface area contributed by atoms with Gasteiger partial charge >= 0.3 is 0 Å². The summed E-state index contributed by atoms with van der Waals surface area (Å²) in [5, 5.41) is 10.6. The van der Waals surface area contributed by atoms with E-state index in [-0.39, 0.29) is 18.5 Å². The molecule has 6 heteroatoms. The summed E-state index contributed by atoms with van der Waals surface area (Å²) in [5.41, 5.74) is 0. The number of nitriles is 1. The Morgan fingerprint density at radius 1 is 1.53 bits per heavy atom. The van der Waals surface area contributed by atoms with E-state index in [0.29, 0.717) is 11.9 Å².